The molecule has 5 heteroatoms. The van der Waals surface area contributed by atoms with E-state index in [4.69, 9.17) is 4.74 Å². The lowest BCUT2D eigenvalue weighted by molar-refractivity contribution is -0.114. The van der Waals surface area contributed by atoms with Crippen molar-refractivity contribution in [1.29, 1.82) is 0 Å². The molecule has 0 spiro atoms. The Kier molecular flexibility index (Phi) is 6.57. The van der Waals surface area contributed by atoms with E-state index in [-0.39, 0.29) is 11.9 Å². The first-order valence-corrected chi connectivity index (χ1v) is 8.41. The summed E-state index contributed by atoms with van der Waals surface area (Å²) in [5.41, 5.74) is 2.06. The number of benzene rings is 1. The van der Waals surface area contributed by atoms with E-state index < -0.39 is 0 Å². The van der Waals surface area contributed by atoms with Gasteiger partial charge in [-0.1, -0.05) is 12.1 Å². The Morgan fingerprint density at radius 3 is 2.65 bits per heavy atom. The van der Waals surface area contributed by atoms with Crippen LogP contribution >= 0.6 is 0 Å². The number of hydrogen-bond acceptors (Lipinski definition) is 4. The lowest BCUT2D eigenvalue weighted by atomic mass is 10.1. The van der Waals surface area contributed by atoms with E-state index in [1.165, 1.54) is 12.5 Å². The summed E-state index contributed by atoms with van der Waals surface area (Å²) in [4.78, 5) is 13.6. The molecule has 1 fully saturated rings. The molecule has 3 atom stereocenters. The number of nitrogens with zero attached hydrogens (tertiary/aromatic N) is 1. The second-order valence-electron chi connectivity index (χ2n) is 6.44. The Morgan fingerprint density at radius 2 is 2.04 bits per heavy atom. The van der Waals surface area contributed by atoms with E-state index in [0.29, 0.717) is 12.1 Å². The summed E-state index contributed by atoms with van der Waals surface area (Å²) < 4.78 is 5.50. The van der Waals surface area contributed by atoms with Crippen molar-refractivity contribution in [3.63, 3.8) is 0 Å². The van der Waals surface area contributed by atoms with Crippen LogP contribution in [-0.4, -0.2) is 49.2 Å². The smallest absolute Gasteiger partial charge is 0.221 e. The first-order chi connectivity index (χ1) is 11.0. The molecular formula is C18H29N3O2. The van der Waals surface area contributed by atoms with Gasteiger partial charge >= 0.3 is 0 Å². The molecule has 1 heterocycles. The maximum absolute atomic E-state index is 11.0. The van der Waals surface area contributed by atoms with Crippen LogP contribution in [-0.2, 0) is 9.53 Å². The van der Waals surface area contributed by atoms with Gasteiger partial charge in [-0.3, -0.25) is 9.69 Å². The number of carbonyl (C=O) groups excluding carboxylic acids is 1. The van der Waals surface area contributed by atoms with Gasteiger partial charge in [0, 0.05) is 43.8 Å². The highest BCUT2D eigenvalue weighted by molar-refractivity contribution is 5.88. The number of hydrogen-bond donors (Lipinski definition) is 2. The number of nitrogens with one attached hydrogen (secondary N) is 2. The van der Waals surface area contributed by atoms with Gasteiger partial charge in [-0.25, -0.2) is 0 Å². The molecule has 0 aliphatic carbocycles. The Bertz CT molecular complexity index is 503. The first-order valence-electron chi connectivity index (χ1n) is 8.41. The highest BCUT2D eigenvalue weighted by Gasteiger charge is 2.23. The summed E-state index contributed by atoms with van der Waals surface area (Å²) >= 11 is 0. The molecule has 1 amide bonds. The summed E-state index contributed by atoms with van der Waals surface area (Å²) in [5, 5.41) is 6.40. The largest absolute Gasteiger partial charge is 0.379 e. The Balaban J connectivity index is 1.83. The van der Waals surface area contributed by atoms with Crippen molar-refractivity contribution in [2.75, 3.05) is 31.6 Å². The van der Waals surface area contributed by atoms with Crippen LogP contribution in [0.3, 0.4) is 0 Å². The van der Waals surface area contributed by atoms with Gasteiger partial charge in [-0.15, -0.1) is 0 Å². The second-order valence-corrected chi connectivity index (χ2v) is 6.44. The topological polar surface area (TPSA) is 53.6 Å². The van der Waals surface area contributed by atoms with Crippen molar-refractivity contribution in [3.05, 3.63) is 29.8 Å². The minimum absolute atomic E-state index is 0.0441. The van der Waals surface area contributed by atoms with Crippen LogP contribution in [0.4, 0.5) is 5.69 Å². The normalized spacial score (nSPS) is 21.7. The van der Waals surface area contributed by atoms with Crippen LogP contribution < -0.4 is 10.6 Å². The van der Waals surface area contributed by atoms with Gasteiger partial charge < -0.3 is 15.4 Å². The van der Waals surface area contributed by atoms with Crippen LogP contribution in [0.15, 0.2) is 24.3 Å². The van der Waals surface area contributed by atoms with E-state index in [1.54, 1.807) is 0 Å². The molecule has 2 rings (SSSR count). The lowest BCUT2D eigenvalue weighted by Gasteiger charge is -2.38. The molecule has 0 bridgehead atoms. The van der Waals surface area contributed by atoms with Gasteiger partial charge in [0.15, 0.2) is 0 Å². The predicted molar refractivity (Wildman–Crippen MR) is 93.6 cm³/mol. The Labute approximate surface area is 139 Å². The van der Waals surface area contributed by atoms with Crippen LogP contribution in [0.1, 0.15) is 39.3 Å². The second kappa shape index (κ2) is 8.43. The van der Waals surface area contributed by atoms with Crippen molar-refractivity contribution in [3.8, 4) is 0 Å². The van der Waals surface area contributed by atoms with Crippen LogP contribution in [0.25, 0.3) is 0 Å². The molecule has 1 aromatic rings. The molecule has 1 saturated heterocycles. The molecule has 2 N–H and O–H groups in total. The van der Waals surface area contributed by atoms with Gasteiger partial charge in [0.2, 0.25) is 5.91 Å². The van der Waals surface area contributed by atoms with E-state index >= 15 is 0 Å². The third-order valence-corrected chi connectivity index (χ3v) is 4.44. The molecule has 128 valence electrons. The zero-order valence-corrected chi connectivity index (χ0v) is 14.6. The van der Waals surface area contributed by atoms with E-state index in [1.807, 2.05) is 12.1 Å². The number of rotatable bonds is 6. The van der Waals surface area contributed by atoms with Crippen molar-refractivity contribution in [2.24, 2.45) is 0 Å². The third-order valence-electron chi connectivity index (χ3n) is 4.44. The standard InChI is InChI=1S/C18H29N3O2/c1-13(21-9-10-23-12-14(21)2)11-19-15(3)17-5-7-18(8-6-17)20-16(4)22/h5-8,13-15,19H,9-12H2,1-4H3,(H,20,22)/t13-,14+,15+/m1/s1. The monoisotopic (exact) mass is 319 g/mol. The Morgan fingerprint density at radius 1 is 1.35 bits per heavy atom. The number of ether oxygens (including phenoxy) is 1. The minimum atomic E-state index is -0.0441. The van der Waals surface area contributed by atoms with Crippen LogP contribution in [0.5, 0.6) is 0 Å². The molecule has 1 aliphatic heterocycles. The quantitative estimate of drug-likeness (QED) is 0.845. The Hall–Kier alpha value is -1.43. The molecule has 23 heavy (non-hydrogen) atoms. The zero-order valence-electron chi connectivity index (χ0n) is 14.6. The highest BCUT2D eigenvalue weighted by Crippen LogP contribution is 2.17. The van der Waals surface area contributed by atoms with Crippen molar-refractivity contribution < 1.29 is 9.53 Å². The molecule has 1 aromatic carbocycles. The zero-order chi connectivity index (χ0) is 16.8. The number of morpholine rings is 1. The SMILES string of the molecule is CC(=O)Nc1ccc([C@H](C)NC[C@@H](C)N2CCOC[C@@H]2C)cc1. The summed E-state index contributed by atoms with van der Waals surface area (Å²) in [7, 11) is 0. The van der Waals surface area contributed by atoms with E-state index in [2.05, 4.69) is 48.4 Å². The lowest BCUT2D eigenvalue weighted by Crippen LogP contribution is -2.51. The summed E-state index contributed by atoms with van der Waals surface area (Å²) in [5.74, 6) is -0.0441. The molecule has 1 aliphatic rings. The summed E-state index contributed by atoms with van der Waals surface area (Å²) in [6.07, 6.45) is 0. The fourth-order valence-electron chi connectivity index (χ4n) is 3.04. The fraction of sp³-hybridized carbons (Fsp3) is 0.611. The molecule has 0 radical (unpaired) electrons. The van der Waals surface area contributed by atoms with Gasteiger partial charge in [0.05, 0.1) is 13.2 Å². The van der Waals surface area contributed by atoms with Crippen LogP contribution in [0, 0.1) is 0 Å². The van der Waals surface area contributed by atoms with Gasteiger partial charge in [-0.2, -0.15) is 0 Å². The van der Waals surface area contributed by atoms with Crippen molar-refractivity contribution in [1.82, 2.24) is 10.2 Å². The molecule has 5 nitrogen and oxygen atoms in total. The van der Waals surface area contributed by atoms with Gasteiger partial charge in [0.25, 0.3) is 0 Å². The third kappa shape index (κ3) is 5.30. The molecule has 0 saturated carbocycles. The summed E-state index contributed by atoms with van der Waals surface area (Å²) in [6, 6.07) is 9.25. The number of carbonyl (C=O) groups is 1. The number of amides is 1. The van der Waals surface area contributed by atoms with Crippen LogP contribution in [0.2, 0.25) is 0 Å². The first kappa shape index (κ1) is 17.9. The maximum atomic E-state index is 11.0. The maximum Gasteiger partial charge on any atom is 0.221 e. The average Bonchev–Trinajstić information content (AvgIpc) is 2.53. The highest BCUT2D eigenvalue weighted by atomic mass is 16.5. The molecule has 0 aromatic heterocycles. The van der Waals surface area contributed by atoms with Crippen molar-refractivity contribution >= 4 is 11.6 Å². The molecular weight excluding hydrogens is 290 g/mol. The average molecular weight is 319 g/mol. The van der Waals surface area contributed by atoms with Gasteiger partial charge in [0.1, 0.15) is 0 Å². The molecule has 0 unspecified atom stereocenters. The van der Waals surface area contributed by atoms with Gasteiger partial charge in [-0.05, 0) is 38.5 Å². The van der Waals surface area contributed by atoms with E-state index in [0.717, 1.165) is 32.0 Å². The summed E-state index contributed by atoms with van der Waals surface area (Å²) in [6.45, 7) is 11.8. The minimum Gasteiger partial charge on any atom is -0.379 e. The fourth-order valence-corrected chi connectivity index (χ4v) is 3.04. The predicted octanol–water partition coefficient (Wildman–Crippen LogP) is 2.40. The van der Waals surface area contributed by atoms with Crippen molar-refractivity contribution in [2.45, 2.75) is 45.8 Å². The number of anilines is 1. The van der Waals surface area contributed by atoms with E-state index in [9.17, 15) is 4.79 Å².